The first-order valence-electron chi connectivity index (χ1n) is 11.0. The number of carbonyl (C=O) groups is 1. The molecule has 4 N–H and O–H groups in total. The van der Waals surface area contributed by atoms with Crippen LogP contribution >= 0.6 is 12.2 Å². The molecule has 6 heteroatoms. The van der Waals surface area contributed by atoms with Crippen molar-refractivity contribution in [3.63, 3.8) is 0 Å². The molecule has 29 heavy (non-hydrogen) atoms. The van der Waals surface area contributed by atoms with Crippen molar-refractivity contribution < 1.29 is 4.79 Å². The van der Waals surface area contributed by atoms with Gasteiger partial charge in [-0.3, -0.25) is 4.79 Å². The van der Waals surface area contributed by atoms with E-state index in [-0.39, 0.29) is 18.0 Å². The van der Waals surface area contributed by atoms with Crippen LogP contribution in [0.4, 0.5) is 0 Å². The topological polar surface area (TPSA) is 70.4 Å². The van der Waals surface area contributed by atoms with Gasteiger partial charge in [0.15, 0.2) is 0 Å². The summed E-state index contributed by atoms with van der Waals surface area (Å²) in [4.78, 5) is 15.7. The third kappa shape index (κ3) is 6.24. The van der Waals surface area contributed by atoms with Gasteiger partial charge in [-0.05, 0) is 61.4 Å². The number of rotatable bonds is 7. The number of likely N-dealkylation sites (tertiary alicyclic amines) is 1. The number of hydrogen-bond acceptors (Lipinski definition) is 4. The predicted molar refractivity (Wildman–Crippen MR) is 123 cm³/mol. The van der Waals surface area contributed by atoms with Crippen molar-refractivity contribution in [1.29, 1.82) is 0 Å². The summed E-state index contributed by atoms with van der Waals surface area (Å²) in [6, 6.07) is 6.53. The number of nitrogens with two attached hydrogens (primary N) is 1. The Labute approximate surface area is 180 Å². The second-order valence-electron chi connectivity index (χ2n) is 9.23. The van der Waals surface area contributed by atoms with E-state index < -0.39 is 0 Å². The highest BCUT2D eigenvalue weighted by molar-refractivity contribution is 7.80. The Balaban J connectivity index is 1.52. The fourth-order valence-corrected chi connectivity index (χ4v) is 4.44. The zero-order valence-corrected chi connectivity index (χ0v) is 18.9. The summed E-state index contributed by atoms with van der Waals surface area (Å²) in [6.07, 6.45) is 3.90. The van der Waals surface area contributed by atoms with Gasteiger partial charge in [0.05, 0.1) is 0 Å². The predicted octanol–water partition coefficient (Wildman–Crippen LogP) is 2.60. The van der Waals surface area contributed by atoms with Crippen molar-refractivity contribution in [2.24, 2.45) is 17.6 Å². The first kappa shape index (κ1) is 22.2. The van der Waals surface area contributed by atoms with E-state index in [4.69, 9.17) is 18.0 Å². The van der Waals surface area contributed by atoms with Crippen molar-refractivity contribution in [2.45, 2.75) is 65.1 Å². The fraction of sp³-hybridized carbons (Fsp3) is 0.652. The van der Waals surface area contributed by atoms with Gasteiger partial charge < -0.3 is 21.3 Å². The maximum Gasteiger partial charge on any atom is 0.221 e. The van der Waals surface area contributed by atoms with E-state index in [0.29, 0.717) is 17.3 Å². The molecule has 3 rings (SSSR count). The summed E-state index contributed by atoms with van der Waals surface area (Å²) in [5.74, 6) is 1.40. The zero-order valence-electron chi connectivity index (χ0n) is 18.0. The van der Waals surface area contributed by atoms with Crippen LogP contribution in [0.15, 0.2) is 18.2 Å². The second kappa shape index (κ2) is 10.0. The third-order valence-corrected chi connectivity index (χ3v) is 6.69. The van der Waals surface area contributed by atoms with Gasteiger partial charge in [0, 0.05) is 37.2 Å². The molecular weight excluding hydrogens is 380 g/mol. The van der Waals surface area contributed by atoms with Gasteiger partial charge in [-0.2, -0.15) is 0 Å². The average molecular weight is 417 g/mol. The molecule has 2 aliphatic heterocycles. The summed E-state index contributed by atoms with van der Waals surface area (Å²) in [5.41, 5.74) is 9.16. The maximum absolute atomic E-state index is 12.8. The Morgan fingerprint density at radius 1 is 1.31 bits per heavy atom. The summed E-state index contributed by atoms with van der Waals surface area (Å²) in [6.45, 7) is 10.7. The molecule has 0 spiro atoms. The molecule has 0 aliphatic carbocycles. The van der Waals surface area contributed by atoms with Crippen LogP contribution in [0.3, 0.4) is 0 Å². The number of fused-ring (bicyclic) bond motifs is 1. The number of hydrogen-bond donors (Lipinski definition) is 3. The van der Waals surface area contributed by atoms with Gasteiger partial charge in [-0.1, -0.05) is 45.1 Å². The standard InChI is InChI=1S/C23H36N4OS/c1-15(2)21(14-27-8-6-16(3)7-9-27)26-22(28)12-20-11-17-4-5-18(23(24)29)10-19(17)13-25-20/h4-5,10,15-16,20-21,25H,6-9,11-14H2,1-3H3,(H2,24,29)(H,26,28)/t20?,21-/m1/s1. The second-order valence-corrected chi connectivity index (χ2v) is 9.67. The number of benzene rings is 1. The van der Waals surface area contributed by atoms with E-state index in [1.165, 1.54) is 24.0 Å². The van der Waals surface area contributed by atoms with E-state index in [9.17, 15) is 4.79 Å². The van der Waals surface area contributed by atoms with Crippen LogP contribution in [-0.4, -0.2) is 47.5 Å². The Bertz CT molecular complexity index is 728. The molecule has 1 saturated heterocycles. The molecule has 2 heterocycles. The minimum atomic E-state index is 0.148. The molecular formula is C23H36N4OS. The SMILES string of the molecule is CC1CCN(C[C@@H](NC(=O)CC2Cc3ccc(C(N)=S)cc3CN2)C(C)C)CC1. The van der Waals surface area contributed by atoms with Crippen molar-refractivity contribution in [1.82, 2.24) is 15.5 Å². The summed E-state index contributed by atoms with van der Waals surface area (Å²) < 4.78 is 0. The summed E-state index contributed by atoms with van der Waals surface area (Å²) >= 11 is 5.07. The van der Waals surface area contributed by atoms with Crippen molar-refractivity contribution >= 4 is 23.1 Å². The van der Waals surface area contributed by atoms with E-state index >= 15 is 0 Å². The van der Waals surface area contributed by atoms with E-state index in [1.807, 2.05) is 6.07 Å². The molecule has 0 saturated carbocycles. The van der Waals surface area contributed by atoms with Crippen LogP contribution in [0.5, 0.6) is 0 Å². The molecule has 1 fully saturated rings. The summed E-state index contributed by atoms with van der Waals surface area (Å²) in [5, 5.41) is 6.82. The van der Waals surface area contributed by atoms with E-state index in [1.54, 1.807) is 0 Å². The molecule has 2 aliphatic rings. The van der Waals surface area contributed by atoms with Crippen LogP contribution in [0.2, 0.25) is 0 Å². The fourth-order valence-electron chi connectivity index (χ4n) is 4.31. The van der Waals surface area contributed by atoms with Crippen LogP contribution in [0.1, 0.15) is 56.7 Å². The highest BCUT2D eigenvalue weighted by Crippen LogP contribution is 2.21. The first-order chi connectivity index (χ1) is 13.8. The number of nitrogens with zero attached hydrogens (tertiary/aromatic N) is 1. The van der Waals surface area contributed by atoms with E-state index in [0.717, 1.165) is 44.1 Å². The summed E-state index contributed by atoms with van der Waals surface area (Å²) in [7, 11) is 0. The highest BCUT2D eigenvalue weighted by Gasteiger charge is 2.25. The third-order valence-electron chi connectivity index (χ3n) is 6.45. The molecule has 5 nitrogen and oxygen atoms in total. The molecule has 0 radical (unpaired) electrons. The van der Waals surface area contributed by atoms with Gasteiger partial charge in [-0.15, -0.1) is 0 Å². The van der Waals surface area contributed by atoms with Gasteiger partial charge >= 0.3 is 0 Å². The Morgan fingerprint density at radius 2 is 2.03 bits per heavy atom. The number of piperidine rings is 1. The Morgan fingerprint density at radius 3 is 2.69 bits per heavy atom. The molecule has 160 valence electrons. The Hall–Kier alpha value is -1.50. The number of nitrogens with one attached hydrogen (secondary N) is 2. The minimum Gasteiger partial charge on any atom is -0.389 e. The van der Waals surface area contributed by atoms with Crippen molar-refractivity contribution in [2.75, 3.05) is 19.6 Å². The number of carbonyl (C=O) groups excluding carboxylic acids is 1. The molecule has 1 aromatic rings. The van der Waals surface area contributed by atoms with E-state index in [2.05, 4.69) is 48.4 Å². The largest absolute Gasteiger partial charge is 0.389 e. The van der Waals surface area contributed by atoms with Gasteiger partial charge in [0.2, 0.25) is 5.91 Å². The maximum atomic E-state index is 12.8. The van der Waals surface area contributed by atoms with Crippen LogP contribution < -0.4 is 16.4 Å². The molecule has 1 unspecified atom stereocenters. The lowest BCUT2D eigenvalue weighted by Gasteiger charge is -2.35. The first-order valence-corrected chi connectivity index (χ1v) is 11.4. The van der Waals surface area contributed by atoms with Gasteiger partial charge in [0.25, 0.3) is 0 Å². The monoisotopic (exact) mass is 416 g/mol. The minimum absolute atomic E-state index is 0.148. The molecule has 1 aromatic carbocycles. The molecule has 1 amide bonds. The lowest BCUT2D eigenvalue weighted by molar-refractivity contribution is -0.122. The van der Waals surface area contributed by atoms with Crippen LogP contribution in [0, 0.1) is 11.8 Å². The number of amides is 1. The van der Waals surface area contributed by atoms with Crippen LogP contribution in [0.25, 0.3) is 0 Å². The van der Waals surface area contributed by atoms with Crippen molar-refractivity contribution in [3.05, 3.63) is 34.9 Å². The van der Waals surface area contributed by atoms with Gasteiger partial charge in [-0.25, -0.2) is 0 Å². The van der Waals surface area contributed by atoms with Crippen molar-refractivity contribution in [3.8, 4) is 0 Å². The molecule has 0 bridgehead atoms. The lowest BCUT2D eigenvalue weighted by Crippen LogP contribution is -2.50. The highest BCUT2D eigenvalue weighted by atomic mass is 32.1. The molecule has 0 aromatic heterocycles. The van der Waals surface area contributed by atoms with Gasteiger partial charge in [0.1, 0.15) is 4.99 Å². The average Bonchev–Trinajstić information content (AvgIpc) is 2.68. The smallest absolute Gasteiger partial charge is 0.221 e. The number of thiocarbonyl (C=S) groups is 1. The zero-order chi connectivity index (χ0) is 21.0. The normalized spacial score (nSPS) is 21.6. The Kier molecular flexibility index (Phi) is 7.66. The van der Waals surface area contributed by atoms with Crippen LogP contribution in [-0.2, 0) is 17.8 Å². The quantitative estimate of drug-likeness (QED) is 0.596. The molecule has 2 atom stereocenters. The lowest BCUT2D eigenvalue weighted by atomic mass is 9.92.